The molecule has 20 heavy (non-hydrogen) atoms. The summed E-state index contributed by atoms with van der Waals surface area (Å²) < 4.78 is 52.6. The van der Waals surface area contributed by atoms with Gasteiger partial charge in [0.1, 0.15) is 16.5 Å². The second-order valence-corrected chi connectivity index (χ2v) is 6.67. The number of nitrogens with one attached hydrogen (secondary N) is 1. The average molecular weight is 327 g/mol. The van der Waals surface area contributed by atoms with E-state index in [1.807, 2.05) is 6.92 Å². The molecule has 1 heterocycles. The van der Waals surface area contributed by atoms with Crippen LogP contribution in [0.15, 0.2) is 23.1 Å². The standard InChI is InChI=1S/C12H16F2N2O2S.ClH/c1-8-7-16(9(2)6-15-8)19(17,18)12-4-3-10(13)5-11(12)14;/h3-5,8-9,15H,6-7H2,1-2H3;1H. The van der Waals surface area contributed by atoms with Gasteiger partial charge in [-0.3, -0.25) is 0 Å². The fourth-order valence-corrected chi connectivity index (χ4v) is 3.90. The molecule has 0 spiro atoms. The van der Waals surface area contributed by atoms with Crippen LogP contribution < -0.4 is 5.32 Å². The van der Waals surface area contributed by atoms with Crippen molar-refractivity contribution in [1.82, 2.24) is 9.62 Å². The molecule has 2 atom stereocenters. The van der Waals surface area contributed by atoms with Crippen LogP contribution in [0.1, 0.15) is 13.8 Å². The molecule has 1 saturated heterocycles. The van der Waals surface area contributed by atoms with Gasteiger partial charge in [-0.1, -0.05) is 0 Å². The largest absolute Gasteiger partial charge is 0.311 e. The van der Waals surface area contributed by atoms with Crippen molar-refractivity contribution in [2.24, 2.45) is 0 Å². The zero-order valence-electron chi connectivity index (χ0n) is 11.1. The Morgan fingerprint density at radius 2 is 1.95 bits per heavy atom. The lowest BCUT2D eigenvalue weighted by Gasteiger charge is -2.36. The van der Waals surface area contributed by atoms with Crippen molar-refractivity contribution in [3.63, 3.8) is 0 Å². The van der Waals surface area contributed by atoms with Gasteiger partial charge in [0.25, 0.3) is 0 Å². The molecule has 0 bridgehead atoms. The van der Waals surface area contributed by atoms with Crippen LogP contribution in [-0.2, 0) is 10.0 Å². The maximum Gasteiger partial charge on any atom is 0.246 e. The molecule has 0 saturated carbocycles. The van der Waals surface area contributed by atoms with E-state index in [1.54, 1.807) is 6.92 Å². The summed E-state index contributed by atoms with van der Waals surface area (Å²) in [7, 11) is -3.94. The third-order valence-corrected chi connectivity index (χ3v) is 5.20. The van der Waals surface area contributed by atoms with E-state index in [2.05, 4.69) is 5.32 Å². The summed E-state index contributed by atoms with van der Waals surface area (Å²) in [4.78, 5) is -0.477. The summed E-state index contributed by atoms with van der Waals surface area (Å²) in [6.45, 7) is 4.37. The van der Waals surface area contributed by atoms with Gasteiger partial charge in [-0.25, -0.2) is 17.2 Å². The molecule has 2 rings (SSSR count). The Kier molecular flexibility index (Phi) is 5.48. The molecular formula is C12H17ClF2N2O2S. The van der Waals surface area contributed by atoms with E-state index in [0.717, 1.165) is 12.1 Å². The highest BCUT2D eigenvalue weighted by molar-refractivity contribution is 7.89. The fourth-order valence-electron chi connectivity index (χ4n) is 2.13. The topological polar surface area (TPSA) is 49.4 Å². The van der Waals surface area contributed by atoms with Crippen LogP contribution >= 0.6 is 12.4 Å². The summed E-state index contributed by atoms with van der Waals surface area (Å²) in [6.07, 6.45) is 0. The molecule has 0 radical (unpaired) electrons. The highest BCUT2D eigenvalue weighted by atomic mass is 35.5. The van der Waals surface area contributed by atoms with Gasteiger partial charge < -0.3 is 5.32 Å². The third-order valence-electron chi connectivity index (χ3n) is 3.19. The van der Waals surface area contributed by atoms with Crippen molar-refractivity contribution in [3.8, 4) is 0 Å². The van der Waals surface area contributed by atoms with Gasteiger partial charge in [-0.15, -0.1) is 12.4 Å². The van der Waals surface area contributed by atoms with E-state index in [0.29, 0.717) is 12.6 Å². The Morgan fingerprint density at radius 1 is 1.30 bits per heavy atom. The van der Waals surface area contributed by atoms with Crippen LogP contribution in [0.4, 0.5) is 8.78 Å². The van der Waals surface area contributed by atoms with Crippen LogP contribution in [0, 0.1) is 11.6 Å². The molecule has 1 aliphatic heterocycles. The van der Waals surface area contributed by atoms with E-state index in [1.165, 1.54) is 4.31 Å². The lowest BCUT2D eigenvalue weighted by atomic mass is 10.2. The fraction of sp³-hybridized carbons (Fsp3) is 0.500. The second kappa shape index (κ2) is 6.34. The first-order chi connectivity index (χ1) is 8.82. The first kappa shape index (κ1) is 17.3. The molecule has 8 heteroatoms. The van der Waals surface area contributed by atoms with Gasteiger partial charge in [0, 0.05) is 31.2 Å². The minimum atomic E-state index is -3.94. The Balaban J connectivity index is 0.00000200. The van der Waals surface area contributed by atoms with E-state index in [9.17, 15) is 17.2 Å². The number of halogens is 3. The molecular weight excluding hydrogens is 310 g/mol. The van der Waals surface area contributed by atoms with Gasteiger partial charge in [-0.05, 0) is 26.0 Å². The quantitative estimate of drug-likeness (QED) is 0.901. The van der Waals surface area contributed by atoms with Crippen LogP contribution in [-0.4, -0.2) is 37.9 Å². The second-order valence-electron chi connectivity index (χ2n) is 4.81. The highest BCUT2D eigenvalue weighted by Gasteiger charge is 2.34. The van der Waals surface area contributed by atoms with Crippen molar-refractivity contribution < 1.29 is 17.2 Å². The maximum absolute atomic E-state index is 13.7. The number of benzene rings is 1. The van der Waals surface area contributed by atoms with Crippen molar-refractivity contribution in [2.45, 2.75) is 30.8 Å². The van der Waals surface area contributed by atoms with Crippen molar-refractivity contribution >= 4 is 22.4 Å². The maximum atomic E-state index is 13.7. The lowest BCUT2D eigenvalue weighted by Crippen LogP contribution is -2.56. The van der Waals surface area contributed by atoms with E-state index >= 15 is 0 Å². The SMILES string of the molecule is CC1CN(S(=O)(=O)c2ccc(F)cc2F)C(C)CN1.Cl. The summed E-state index contributed by atoms with van der Waals surface area (Å²) in [5, 5.41) is 3.15. The third kappa shape index (κ3) is 3.28. The molecule has 1 N–H and O–H groups in total. The molecule has 1 aromatic carbocycles. The van der Waals surface area contributed by atoms with Crippen molar-refractivity contribution in [1.29, 1.82) is 0 Å². The number of piperazine rings is 1. The van der Waals surface area contributed by atoms with E-state index in [-0.39, 0.29) is 31.0 Å². The number of rotatable bonds is 2. The van der Waals surface area contributed by atoms with Crippen LogP contribution in [0.5, 0.6) is 0 Å². The monoisotopic (exact) mass is 326 g/mol. The number of hydrogen-bond donors (Lipinski definition) is 1. The van der Waals surface area contributed by atoms with E-state index in [4.69, 9.17) is 0 Å². The molecule has 114 valence electrons. The molecule has 4 nitrogen and oxygen atoms in total. The molecule has 2 unspecified atom stereocenters. The minimum absolute atomic E-state index is 0. The lowest BCUT2D eigenvalue weighted by molar-refractivity contribution is 0.244. The smallest absolute Gasteiger partial charge is 0.246 e. The molecule has 0 aliphatic carbocycles. The van der Waals surface area contributed by atoms with Crippen LogP contribution in [0.25, 0.3) is 0 Å². The Labute approximate surface area is 123 Å². The van der Waals surface area contributed by atoms with Gasteiger partial charge >= 0.3 is 0 Å². The first-order valence-corrected chi connectivity index (χ1v) is 7.46. The Hall–Kier alpha value is -0.760. The molecule has 1 aromatic rings. The average Bonchev–Trinajstić information content (AvgIpc) is 2.31. The van der Waals surface area contributed by atoms with Crippen molar-refractivity contribution in [3.05, 3.63) is 29.8 Å². The predicted molar refractivity (Wildman–Crippen MR) is 74.4 cm³/mol. The number of hydrogen-bond acceptors (Lipinski definition) is 3. The van der Waals surface area contributed by atoms with Gasteiger partial charge in [0.15, 0.2) is 0 Å². The van der Waals surface area contributed by atoms with Crippen molar-refractivity contribution in [2.75, 3.05) is 13.1 Å². The normalized spacial score (nSPS) is 24.2. The Bertz CT molecular complexity index is 583. The molecule has 1 fully saturated rings. The van der Waals surface area contributed by atoms with Gasteiger partial charge in [-0.2, -0.15) is 4.31 Å². The van der Waals surface area contributed by atoms with Crippen LogP contribution in [0.2, 0.25) is 0 Å². The molecule has 0 amide bonds. The van der Waals surface area contributed by atoms with Gasteiger partial charge in [0.05, 0.1) is 0 Å². The summed E-state index contributed by atoms with van der Waals surface area (Å²) in [6, 6.07) is 2.23. The summed E-state index contributed by atoms with van der Waals surface area (Å²) in [5.74, 6) is -1.85. The Morgan fingerprint density at radius 3 is 2.55 bits per heavy atom. The van der Waals surface area contributed by atoms with Gasteiger partial charge in [0.2, 0.25) is 10.0 Å². The van der Waals surface area contributed by atoms with E-state index < -0.39 is 26.6 Å². The summed E-state index contributed by atoms with van der Waals surface area (Å²) in [5.41, 5.74) is 0. The molecule has 0 aromatic heterocycles. The molecule has 1 aliphatic rings. The highest BCUT2D eigenvalue weighted by Crippen LogP contribution is 2.23. The predicted octanol–water partition coefficient (Wildman–Crippen LogP) is 1.76. The zero-order chi connectivity index (χ0) is 14.2. The number of sulfonamides is 1. The minimum Gasteiger partial charge on any atom is -0.311 e. The first-order valence-electron chi connectivity index (χ1n) is 6.02. The van der Waals surface area contributed by atoms with Crippen LogP contribution in [0.3, 0.4) is 0 Å². The number of nitrogens with zero attached hydrogens (tertiary/aromatic N) is 1. The summed E-state index contributed by atoms with van der Waals surface area (Å²) >= 11 is 0. The zero-order valence-corrected chi connectivity index (χ0v) is 12.8.